The number of rotatable bonds is 8. The van der Waals surface area contributed by atoms with E-state index in [9.17, 15) is 22.8 Å². The van der Waals surface area contributed by atoms with E-state index in [1.54, 1.807) is 30.3 Å². The molecule has 1 aliphatic rings. The molecule has 7 nitrogen and oxygen atoms in total. The zero-order chi connectivity index (χ0) is 33.3. The molecule has 1 aromatic heterocycles. The van der Waals surface area contributed by atoms with Crippen LogP contribution >= 0.6 is 62.1 Å². The third-order valence-corrected chi connectivity index (χ3v) is 9.00. The summed E-state index contributed by atoms with van der Waals surface area (Å²) in [4.78, 5) is 30.6. The van der Waals surface area contributed by atoms with Crippen molar-refractivity contribution >= 4 is 74.1 Å². The first kappa shape index (κ1) is 34.1. The number of nitrogens with zero attached hydrogens (tertiary/aromatic N) is 2. The van der Waals surface area contributed by atoms with E-state index in [1.807, 2.05) is 0 Å². The molecule has 3 aromatic carbocycles. The third-order valence-electron chi connectivity index (χ3n) is 6.72. The lowest BCUT2D eigenvalue weighted by Crippen LogP contribution is -2.41. The maximum absolute atomic E-state index is 14.4. The van der Waals surface area contributed by atoms with E-state index in [-0.39, 0.29) is 33.9 Å². The molecule has 46 heavy (non-hydrogen) atoms. The monoisotopic (exact) mass is 774 g/mol. The topological polar surface area (TPSA) is 79.1 Å². The molecule has 0 aliphatic carbocycles. The molecular formula is C31H21BrCl3F3N2O5S. The van der Waals surface area contributed by atoms with Crippen LogP contribution in [0.5, 0.6) is 11.5 Å². The number of thiazole rings is 1. The van der Waals surface area contributed by atoms with Crippen LogP contribution in [0.1, 0.15) is 29.7 Å². The standard InChI is InChI=1S/C31H21BrCl3F3N2O5S/c1-3-44-29(42)24-25(15-4-7-19(33)8-5-15)40-28(41)23(46-30(40)39-27(24)31(36,37)38)11-17-10-18(32)12-22(43-2)26(17)45-14-16-6-9-20(34)13-21(16)35/h4-13,25H,3,14H2,1-2H3/b23-11-/t25-/m0/s1. The minimum Gasteiger partial charge on any atom is -0.493 e. The molecule has 15 heteroatoms. The number of hydrogen-bond acceptors (Lipinski definition) is 7. The minimum atomic E-state index is -5.04. The Morgan fingerprint density at radius 3 is 2.41 bits per heavy atom. The predicted octanol–water partition coefficient (Wildman–Crippen LogP) is 7.65. The van der Waals surface area contributed by atoms with E-state index in [0.29, 0.717) is 36.4 Å². The number of halogens is 7. The van der Waals surface area contributed by atoms with Gasteiger partial charge in [-0.3, -0.25) is 9.36 Å². The second kappa shape index (κ2) is 13.8. The highest BCUT2D eigenvalue weighted by molar-refractivity contribution is 9.10. The Hall–Kier alpha value is -3.29. The van der Waals surface area contributed by atoms with Crippen LogP contribution in [0.2, 0.25) is 15.1 Å². The van der Waals surface area contributed by atoms with Gasteiger partial charge in [0, 0.05) is 30.7 Å². The summed E-state index contributed by atoms with van der Waals surface area (Å²) in [6, 6.07) is 12.5. The highest BCUT2D eigenvalue weighted by atomic mass is 79.9. The molecule has 0 amide bonds. The van der Waals surface area contributed by atoms with Crippen LogP contribution in [-0.4, -0.2) is 30.4 Å². The lowest BCUT2D eigenvalue weighted by atomic mass is 9.95. The summed E-state index contributed by atoms with van der Waals surface area (Å²) in [6.45, 7) is 1.27. The number of carbonyl (C=O) groups is 1. The van der Waals surface area contributed by atoms with Crippen molar-refractivity contribution in [3.8, 4) is 11.5 Å². The van der Waals surface area contributed by atoms with Gasteiger partial charge in [-0.1, -0.05) is 80.3 Å². The molecule has 4 aromatic rings. The first-order chi connectivity index (χ1) is 21.8. The number of ether oxygens (including phenoxy) is 3. The summed E-state index contributed by atoms with van der Waals surface area (Å²) in [7, 11) is 1.43. The Kier molecular flexibility index (Phi) is 10.2. The Balaban J connectivity index is 1.72. The first-order valence-electron chi connectivity index (χ1n) is 13.3. The number of alkyl halides is 3. The molecular weight excluding hydrogens is 756 g/mol. The van der Waals surface area contributed by atoms with Crippen molar-refractivity contribution in [1.29, 1.82) is 0 Å². The van der Waals surface area contributed by atoms with Gasteiger partial charge in [0.2, 0.25) is 0 Å². The van der Waals surface area contributed by atoms with E-state index in [0.717, 1.165) is 15.9 Å². The molecule has 0 N–H and O–H groups in total. The van der Waals surface area contributed by atoms with Crippen LogP contribution in [0.4, 0.5) is 13.2 Å². The van der Waals surface area contributed by atoms with Gasteiger partial charge in [-0.25, -0.2) is 9.79 Å². The van der Waals surface area contributed by atoms with Gasteiger partial charge in [-0.05, 0) is 55.0 Å². The SMILES string of the molecule is CCOC(=O)C1=C(C(F)(F)F)N=c2s/c(=C\c3cc(Br)cc(OC)c3OCc3ccc(Cl)cc3Cl)c(=O)n2[C@H]1c1ccc(Cl)cc1. The van der Waals surface area contributed by atoms with E-state index in [4.69, 9.17) is 49.0 Å². The summed E-state index contributed by atoms with van der Waals surface area (Å²) in [5, 5.41) is 1.13. The predicted molar refractivity (Wildman–Crippen MR) is 174 cm³/mol. The molecule has 0 bridgehead atoms. The number of aromatic nitrogens is 1. The lowest BCUT2D eigenvalue weighted by molar-refractivity contribution is -0.140. The minimum absolute atomic E-state index is 0.00446. The molecule has 5 rings (SSSR count). The Morgan fingerprint density at radius 1 is 1.09 bits per heavy atom. The third kappa shape index (κ3) is 7.01. The smallest absolute Gasteiger partial charge is 0.434 e. The maximum atomic E-state index is 14.4. The maximum Gasteiger partial charge on any atom is 0.434 e. The average Bonchev–Trinajstić information content (AvgIpc) is 3.30. The molecule has 0 saturated heterocycles. The normalized spacial score (nSPS) is 15.0. The number of allylic oxidation sites excluding steroid dienone is 1. The molecule has 2 heterocycles. The van der Waals surface area contributed by atoms with Crippen LogP contribution in [0.15, 0.2) is 80.1 Å². The van der Waals surface area contributed by atoms with Gasteiger partial charge in [0.15, 0.2) is 22.0 Å². The van der Waals surface area contributed by atoms with Gasteiger partial charge < -0.3 is 14.2 Å². The number of methoxy groups -OCH3 is 1. The van der Waals surface area contributed by atoms with Crippen molar-refractivity contribution in [1.82, 2.24) is 4.57 Å². The van der Waals surface area contributed by atoms with Gasteiger partial charge in [-0.2, -0.15) is 13.2 Å². The van der Waals surface area contributed by atoms with Gasteiger partial charge in [0.05, 0.1) is 29.9 Å². The second-order valence-electron chi connectivity index (χ2n) is 9.67. The van der Waals surface area contributed by atoms with Crippen molar-refractivity contribution in [2.24, 2.45) is 4.99 Å². The van der Waals surface area contributed by atoms with Crippen molar-refractivity contribution in [3.05, 3.63) is 122 Å². The Morgan fingerprint density at radius 2 is 1.78 bits per heavy atom. The highest BCUT2D eigenvalue weighted by Gasteiger charge is 2.45. The summed E-state index contributed by atoms with van der Waals surface area (Å²) < 4.78 is 61.6. The Bertz CT molecular complexity index is 2050. The molecule has 0 fully saturated rings. The van der Waals surface area contributed by atoms with Crippen LogP contribution in [0, 0.1) is 0 Å². The van der Waals surface area contributed by atoms with Crippen LogP contribution < -0.4 is 24.4 Å². The van der Waals surface area contributed by atoms with Gasteiger partial charge >= 0.3 is 12.1 Å². The molecule has 0 radical (unpaired) electrons. The number of benzene rings is 3. The molecule has 0 spiro atoms. The van der Waals surface area contributed by atoms with E-state index < -0.39 is 35.0 Å². The number of esters is 1. The van der Waals surface area contributed by atoms with Crippen LogP contribution in [0.25, 0.3) is 6.08 Å². The zero-order valence-corrected chi connectivity index (χ0v) is 28.4. The fraction of sp³-hybridized carbons (Fsp3) is 0.194. The van der Waals surface area contributed by atoms with Gasteiger partial charge in [0.1, 0.15) is 6.61 Å². The number of carbonyl (C=O) groups excluding carboxylic acids is 1. The summed E-state index contributed by atoms with van der Waals surface area (Å²) >= 11 is 22.5. The average molecular weight is 777 g/mol. The zero-order valence-electron chi connectivity index (χ0n) is 23.8. The molecule has 1 aliphatic heterocycles. The van der Waals surface area contributed by atoms with Crippen molar-refractivity contribution in [2.45, 2.75) is 25.7 Å². The second-order valence-corrected chi connectivity index (χ2v) is 12.9. The fourth-order valence-electron chi connectivity index (χ4n) is 4.73. The summed E-state index contributed by atoms with van der Waals surface area (Å²) in [5.41, 5.74) is -1.78. The largest absolute Gasteiger partial charge is 0.493 e. The van der Waals surface area contributed by atoms with Crippen molar-refractivity contribution < 1.29 is 32.2 Å². The van der Waals surface area contributed by atoms with E-state index in [1.165, 1.54) is 44.4 Å². The van der Waals surface area contributed by atoms with Crippen molar-refractivity contribution in [3.63, 3.8) is 0 Å². The molecule has 1 atom stereocenters. The van der Waals surface area contributed by atoms with Gasteiger partial charge in [-0.15, -0.1) is 0 Å². The number of fused-ring (bicyclic) bond motifs is 1. The molecule has 0 saturated carbocycles. The van der Waals surface area contributed by atoms with Crippen molar-refractivity contribution in [2.75, 3.05) is 13.7 Å². The molecule has 0 unspecified atom stereocenters. The van der Waals surface area contributed by atoms with Crippen LogP contribution in [-0.2, 0) is 16.1 Å². The summed E-state index contributed by atoms with van der Waals surface area (Å²) in [6.07, 6.45) is -3.58. The Labute approximate surface area is 287 Å². The van der Waals surface area contributed by atoms with E-state index in [2.05, 4.69) is 20.9 Å². The van der Waals surface area contributed by atoms with Gasteiger partial charge in [0.25, 0.3) is 5.56 Å². The lowest BCUT2D eigenvalue weighted by Gasteiger charge is -2.26. The van der Waals surface area contributed by atoms with Crippen LogP contribution in [0.3, 0.4) is 0 Å². The fourth-order valence-corrected chi connectivity index (χ4v) is 6.77. The molecule has 240 valence electrons. The quantitative estimate of drug-likeness (QED) is 0.172. The number of hydrogen-bond donors (Lipinski definition) is 0. The first-order valence-corrected chi connectivity index (χ1v) is 16.1. The summed E-state index contributed by atoms with van der Waals surface area (Å²) in [5.74, 6) is -0.706. The van der Waals surface area contributed by atoms with E-state index >= 15 is 0 Å². The highest BCUT2D eigenvalue weighted by Crippen LogP contribution is 2.39.